The molecule has 0 saturated carbocycles. The molecule has 1 aromatic rings. The maximum atomic E-state index is 10.9. The highest BCUT2D eigenvalue weighted by molar-refractivity contribution is 5.46. The maximum absolute atomic E-state index is 10.9. The average Bonchev–Trinajstić information content (AvgIpc) is 2.36. The number of ether oxygens (including phenoxy) is 1. The molecule has 0 amide bonds. The molecule has 3 heteroatoms. The molecule has 1 aromatic carbocycles. The summed E-state index contributed by atoms with van der Waals surface area (Å²) in [5.41, 5.74) is 3.32. The standard InChI is InChI=1S/C18H27NO2/c1-11-6-14(4)17-16(7-11)21-10-15(18(17)20)19-8-12(2)5-13(3)9-19/h6-7,12-13,15,18,20H,5,8-10H2,1-4H3. The Morgan fingerprint density at radius 3 is 2.48 bits per heavy atom. The quantitative estimate of drug-likeness (QED) is 0.862. The highest BCUT2D eigenvalue weighted by Crippen LogP contribution is 2.38. The number of piperidine rings is 1. The Hall–Kier alpha value is -1.06. The van der Waals surface area contributed by atoms with E-state index in [2.05, 4.69) is 38.7 Å². The molecule has 2 heterocycles. The fraction of sp³-hybridized carbons (Fsp3) is 0.667. The molecule has 0 aliphatic carbocycles. The van der Waals surface area contributed by atoms with Crippen molar-refractivity contribution in [3.63, 3.8) is 0 Å². The third-order valence-corrected chi connectivity index (χ3v) is 4.93. The molecule has 2 aliphatic rings. The summed E-state index contributed by atoms with van der Waals surface area (Å²) in [6.07, 6.45) is 0.849. The molecule has 3 nitrogen and oxygen atoms in total. The fourth-order valence-corrected chi connectivity index (χ4v) is 4.18. The number of aliphatic hydroxyl groups excluding tert-OH is 1. The van der Waals surface area contributed by atoms with Gasteiger partial charge in [-0.05, 0) is 49.3 Å². The topological polar surface area (TPSA) is 32.7 Å². The van der Waals surface area contributed by atoms with Crippen LogP contribution in [0.2, 0.25) is 0 Å². The monoisotopic (exact) mass is 289 g/mol. The lowest BCUT2D eigenvalue weighted by molar-refractivity contribution is -0.0230. The van der Waals surface area contributed by atoms with E-state index in [0.29, 0.717) is 18.4 Å². The van der Waals surface area contributed by atoms with Crippen LogP contribution in [-0.2, 0) is 0 Å². The van der Waals surface area contributed by atoms with Crippen LogP contribution in [0.25, 0.3) is 0 Å². The summed E-state index contributed by atoms with van der Waals surface area (Å²) in [6.45, 7) is 11.5. The van der Waals surface area contributed by atoms with Crippen LogP contribution < -0.4 is 4.74 Å². The van der Waals surface area contributed by atoms with E-state index in [1.807, 2.05) is 6.07 Å². The number of hydrogen-bond acceptors (Lipinski definition) is 3. The van der Waals surface area contributed by atoms with Crippen molar-refractivity contribution in [2.75, 3.05) is 19.7 Å². The Kier molecular flexibility index (Phi) is 3.98. The molecule has 1 N–H and O–H groups in total. The van der Waals surface area contributed by atoms with E-state index in [1.165, 1.54) is 12.0 Å². The summed E-state index contributed by atoms with van der Waals surface area (Å²) in [5.74, 6) is 2.26. The van der Waals surface area contributed by atoms with Crippen molar-refractivity contribution in [1.82, 2.24) is 4.90 Å². The Labute approximate surface area is 127 Å². The SMILES string of the molecule is Cc1cc(C)c2c(c1)OCC(N1CC(C)CC(C)C1)C2O. The van der Waals surface area contributed by atoms with Gasteiger partial charge in [-0.3, -0.25) is 4.90 Å². The number of aryl methyl sites for hydroxylation is 2. The lowest BCUT2D eigenvalue weighted by Crippen LogP contribution is -2.51. The van der Waals surface area contributed by atoms with E-state index in [0.717, 1.165) is 30.0 Å². The molecule has 4 atom stereocenters. The van der Waals surface area contributed by atoms with Gasteiger partial charge in [-0.25, -0.2) is 0 Å². The molecule has 4 unspecified atom stereocenters. The van der Waals surface area contributed by atoms with E-state index in [4.69, 9.17) is 4.74 Å². The number of nitrogens with zero attached hydrogens (tertiary/aromatic N) is 1. The van der Waals surface area contributed by atoms with Gasteiger partial charge in [-0.1, -0.05) is 19.9 Å². The number of aliphatic hydroxyl groups is 1. The highest BCUT2D eigenvalue weighted by atomic mass is 16.5. The van der Waals surface area contributed by atoms with Crippen LogP contribution in [0.4, 0.5) is 0 Å². The number of hydrogen-bond donors (Lipinski definition) is 1. The Bertz CT molecular complexity index is 518. The number of fused-ring (bicyclic) bond motifs is 1. The second kappa shape index (κ2) is 5.62. The minimum absolute atomic E-state index is 0.0871. The average molecular weight is 289 g/mol. The first-order valence-electron chi connectivity index (χ1n) is 8.11. The van der Waals surface area contributed by atoms with Crippen molar-refractivity contribution in [3.05, 3.63) is 28.8 Å². The second-order valence-corrected chi connectivity index (χ2v) is 7.22. The zero-order valence-electron chi connectivity index (χ0n) is 13.6. The summed E-state index contributed by atoms with van der Waals surface area (Å²) in [7, 11) is 0. The lowest BCUT2D eigenvalue weighted by atomic mass is 9.87. The van der Waals surface area contributed by atoms with Gasteiger partial charge in [0.25, 0.3) is 0 Å². The van der Waals surface area contributed by atoms with Crippen LogP contribution in [0, 0.1) is 25.7 Å². The molecular weight excluding hydrogens is 262 g/mol. The van der Waals surface area contributed by atoms with Crippen LogP contribution in [0.3, 0.4) is 0 Å². The normalized spacial score (nSPS) is 33.4. The van der Waals surface area contributed by atoms with Gasteiger partial charge in [0.05, 0.1) is 6.04 Å². The molecule has 2 aliphatic heterocycles. The van der Waals surface area contributed by atoms with Crippen LogP contribution in [0.15, 0.2) is 12.1 Å². The predicted octanol–water partition coefficient (Wildman–Crippen LogP) is 3.08. The Balaban J connectivity index is 1.86. The summed E-state index contributed by atoms with van der Waals surface area (Å²) < 4.78 is 5.99. The molecule has 0 spiro atoms. The first-order valence-corrected chi connectivity index (χ1v) is 8.11. The van der Waals surface area contributed by atoms with Crippen molar-refractivity contribution in [2.45, 2.75) is 46.3 Å². The van der Waals surface area contributed by atoms with Gasteiger partial charge in [-0.15, -0.1) is 0 Å². The van der Waals surface area contributed by atoms with Gasteiger partial charge in [0.1, 0.15) is 18.5 Å². The summed E-state index contributed by atoms with van der Waals surface area (Å²) in [4.78, 5) is 2.44. The number of rotatable bonds is 1. The first-order chi connectivity index (χ1) is 9.95. The lowest BCUT2D eigenvalue weighted by Gasteiger charge is -2.44. The van der Waals surface area contributed by atoms with Crippen molar-refractivity contribution in [3.8, 4) is 5.75 Å². The van der Waals surface area contributed by atoms with Gasteiger partial charge in [0.2, 0.25) is 0 Å². The van der Waals surface area contributed by atoms with E-state index in [9.17, 15) is 5.11 Å². The molecule has 0 bridgehead atoms. The maximum Gasteiger partial charge on any atom is 0.125 e. The van der Waals surface area contributed by atoms with Gasteiger partial charge in [-0.2, -0.15) is 0 Å². The predicted molar refractivity (Wildman–Crippen MR) is 84.7 cm³/mol. The second-order valence-electron chi connectivity index (χ2n) is 7.22. The molecule has 21 heavy (non-hydrogen) atoms. The summed E-state index contributed by atoms with van der Waals surface area (Å²) in [5, 5.41) is 10.9. The first kappa shape index (κ1) is 14.9. The number of benzene rings is 1. The highest BCUT2D eigenvalue weighted by Gasteiger charge is 2.37. The molecular formula is C18H27NO2. The zero-order chi connectivity index (χ0) is 15.1. The molecule has 116 valence electrons. The van der Waals surface area contributed by atoms with Gasteiger partial charge in [0, 0.05) is 18.7 Å². The third kappa shape index (κ3) is 2.82. The van der Waals surface area contributed by atoms with Crippen molar-refractivity contribution >= 4 is 0 Å². The summed E-state index contributed by atoms with van der Waals surface area (Å²) >= 11 is 0. The smallest absolute Gasteiger partial charge is 0.125 e. The fourth-order valence-electron chi connectivity index (χ4n) is 4.18. The largest absolute Gasteiger partial charge is 0.491 e. The molecule has 3 rings (SSSR count). The van der Waals surface area contributed by atoms with Gasteiger partial charge in [0.15, 0.2) is 0 Å². The van der Waals surface area contributed by atoms with Crippen molar-refractivity contribution in [2.24, 2.45) is 11.8 Å². The van der Waals surface area contributed by atoms with E-state index in [-0.39, 0.29) is 6.04 Å². The minimum Gasteiger partial charge on any atom is -0.491 e. The summed E-state index contributed by atoms with van der Waals surface area (Å²) in [6, 6.07) is 4.27. The Morgan fingerprint density at radius 1 is 1.14 bits per heavy atom. The zero-order valence-corrected chi connectivity index (χ0v) is 13.6. The van der Waals surface area contributed by atoms with Gasteiger partial charge >= 0.3 is 0 Å². The van der Waals surface area contributed by atoms with Crippen molar-refractivity contribution < 1.29 is 9.84 Å². The van der Waals surface area contributed by atoms with Gasteiger partial charge < -0.3 is 9.84 Å². The van der Waals surface area contributed by atoms with E-state index < -0.39 is 6.10 Å². The molecule has 0 radical (unpaired) electrons. The van der Waals surface area contributed by atoms with E-state index in [1.54, 1.807) is 0 Å². The van der Waals surface area contributed by atoms with Crippen LogP contribution in [0.1, 0.15) is 43.1 Å². The third-order valence-electron chi connectivity index (χ3n) is 4.93. The molecule has 1 fully saturated rings. The van der Waals surface area contributed by atoms with Crippen LogP contribution >= 0.6 is 0 Å². The molecule has 0 aromatic heterocycles. The minimum atomic E-state index is -0.438. The van der Waals surface area contributed by atoms with E-state index >= 15 is 0 Å². The van der Waals surface area contributed by atoms with Crippen LogP contribution in [-0.4, -0.2) is 35.7 Å². The number of likely N-dealkylation sites (tertiary alicyclic amines) is 1. The van der Waals surface area contributed by atoms with Crippen molar-refractivity contribution in [1.29, 1.82) is 0 Å². The van der Waals surface area contributed by atoms with Crippen LogP contribution in [0.5, 0.6) is 5.75 Å². The Morgan fingerprint density at radius 2 is 1.81 bits per heavy atom. The molecule has 1 saturated heterocycles.